The van der Waals surface area contributed by atoms with Crippen LogP contribution in [0.2, 0.25) is 0 Å². The molecule has 1 atom stereocenters. The average Bonchev–Trinajstić information content (AvgIpc) is 2.69. The zero-order valence-corrected chi connectivity index (χ0v) is 17.1. The number of piperazine rings is 1. The fourth-order valence-electron chi connectivity index (χ4n) is 3.15. The molecule has 1 fully saturated rings. The van der Waals surface area contributed by atoms with Gasteiger partial charge in [-0.1, -0.05) is 37.8 Å². The number of hydrogen-bond acceptors (Lipinski definition) is 4. The van der Waals surface area contributed by atoms with Crippen LogP contribution in [0.3, 0.4) is 0 Å². The highest BCUT2D eigenvalue weighted by Crippen LogP contribution is 2.17. The summed E-state index contributed by atoms with van der Waals surface area (Å²) < 4.78 is 5.72. The second-order valence-electron chi connectivity index (χ2n) is 7.22. The Bertz CT molecular complexity index is 596. The second kappa shape index (κ2) is 11.6. The van der Waals surface area contributed by atoms with Gasteiger partial charge in [0, 0.05) is 58.4 Å². The molecule has 0 radical (unpaired) electrons. The van der Waals surface area contributed by atoms with Crippen LogP contribution < -0.4 is 15.4 Å². The van der Waals surface area contributed by atoms with Crippen LogP contribution in [0, 0.1) is 5.92 Å². The van der Waals surface area contributed by atoms with Crippen molar-refractivity contribution in [3.63, 3.8) is 0 Å². The number of benzene rings is 1. The van der Waals surface area contributed by atoms with E-state index in [2.05, 4.69) is 52.0 Å². The molecule has 0 aliphatic carbocycles. The first-order valence-corrected chi connectivity index (χ1v) is 9.79. The molecule has 2 rings (SSSR count). The van der Waals surface area contributed by atoms with Crippen LogP contribution >= 0.6 is 0 Å². The molecule has 1 heterocycles. The van der Waals surface area contributed by atoms with Crippen molar-refractivity contribution in [1.29, 1.82) is 0 Å². The van der Waals surface area contributed by atoms with E-state index < -0.39 is 0 Å². The highest BCUT2D eigenvalue weighted by atomic mass is 16.5. The van der Waals surface area contributed by atoms with Crippen molar-refractivity contribution in [3.8, 4) is 5.75 Å². The summed E-state index contributed by atoms with van der Waals surface area (Å²) in [6.45, 7) is 13.8. The van der Waals surface area contributed by atoms with Crippen LogP contribution in [0.25, 0.3) is 0 Å². The van der Waals surface area contributed by atoms with Crippen molar-refractivity contribution in [2.75, 3.05) is 60.0 Å². The van der Waals surface area contributed by atoms with Crippen LogP contribution in [0.15, 0.2) is 41.9 Å². The summed E-state index contributed by atoms with van der Waals surface area (Å²) in [6.07, 6.45) is 1.76. The number of ether oxygens (including phenoxy) is 1. The first-order valence-electron chi connectivity index (χ1n) is 9.79. The molecule has 1 aliphatic rings. The Labute approximate surface area is 164 Å². The Morgan fingerprint density at radius 3 is 2.70 bits per heavy atom. The van der Waals surface area contributed by atoms with Gasteiger partial charge in [-0.2, -0.15) is 0 Å². The summed E-state index contributed by atoms with van der Waals surface area (Å²) in [5.74, 6) is 2.26. The summed E-state index contributed by atoms with van der Waals surface area (Å²) in [4.78, 5) is 9.28. The average molecular weight is 374 g/mol. The van der Waals surface area contributed by atoms with Crippen LogP contribution in [-0.2, 0) is 6.54 Å². The molecule has 2 N–H and O–H groups in total. The Morgan fingerprint density at radius 2 is 2.00 bits per heavy atom. The normalized spacial score (nSPS) is 17.4. The molecule has 6 nitrogen and oxygen atoms in total. The van der Waals surface area contributed by atoms with Gasteiger partial charge < -0.3 is 25.2 Å². The second-order valence-corrected chi connectivity index (χ2v) is 7.22. The van der Waals surface area contributed by atoms with E-state index in [9.17, 15) is 0 Å². The summed E-state index contributed by atoms with van der Waals surface area (Å²) in [5, 5.41) is 6.83. The molecule has 0 aromatic heterocycles. The van der Waals surface area contributed by atoms with Gasteiger partial charge in [0.05, 0.1) is 0 Å². The number of nitrogens with one attached hydrogen (secondary N) is 2. The number of hydrogen-bond donors (Lipinski definition) is 2. The van der Waals surface area contributed by atoms with Gasteiger partial charge >= 0.3 is 0 Å². The number of para-hydroxylation sites is 1. The van der Waals surface area contributed by atoms with Crippen molar-refractivity contribution < 1.29 is 4.74 Å². The molecule has 0 spiro atoms. The third-order valence-corrected chi connectivity index (χ3v) is 4.78. The monoisotopic (exact) mass is 373 g/mol. The smallest absolute Gasteiger partial charge is 0.191 e. The molecule has 1 unspecified atom stereocenters. The van der Waals surface area contributed by atoms with E-state index in [1.807, 2.05) is 18.2 Å². The molecule has 150 valence electrons. The van der Waals surface area contributed by atoms with E-state index in [-0.39, 0.29) is 0 Å². The van der Waals surface area contributed by atoms with E-state index >= 15 is 0 Å². The van der Waals surface area contributed by atoms with Gasteiger partial charge in [-0.15, -0.1) is 0 Å². The largest absolute Gasteiger partial charge is 0.489 e. The Balaban J connectivity index is 1.75. The van der Waals surface area contributed by atoms with E-state index in [1.54, 1.807) is 13.1 Å². The van der Waals surface area contributed by atoms with Crippen LogP contribution in [0.1, 0.15) is 12.5 Å². The molecule has 1 aromatic carbocycles. The third kappa shape index (κ3) is 7.61. The fraction of sp³-hybridized carbons (Fsp3) is 0.571. The predicted molar refractivity (Wildman–Crippen MR) is 113 cm³/mol. The fourth-order valence-corrected chi connectivity index (χ4v) is 3.15. The first kappa shape index (κ1) is 21.3. The number of guanidine groups is 1. The van der Waals surface area contributed by atoms with Crippen molar-refractivity contribution in [2.45, 2.75) is 13.5 Å². The summed E-state index contributed by atoms with van der Waals surface area (Å²) >= 11 is 0. The topological polar surface area (TPSA) is 52.1 Å². The van der Waals surface area contributed by atoms with E-state index in [4.69, 9.17) is 4.74 Å². The SMILES string of the molecule is C=CCOc1ccccc1CNC(=NC)NCC(C)CN1CCN(C)CC1. The Kier molecular flexibility index (Phi) is 9.15. The molecular weight excluding hydrogens is 338 g/mol. The van der Waals surface area contributed by atoms with Gasteiger partial charge in [0.1, 0.15) is 12.4 Å². The molecule has 0 bridgehead atoms. The standard InChI is InChI=1S/C21H35N5O/c1-5-14-27-20-9-7-6-8-19(20)16-24-21(22-3)23-15-18(2)17-26-12-10-25(4)11-13-26/h5-9,18H,1,10-17H2,2-4H3,(H2,22,23,24). The Morgan fingerprint density at radius 1 is 1.26 bits per heavy atom. The maximum atomic E-state index is 5.72. The lowest BCUT2D eigenvalue weighted by Crippen LogP contribution is -2.47. The van der Waals surface area contributed by atoms with E-state index in [1.165, 1.54) is 0 Å². The molecule has 0 amide bonds. The maximum absolute atomic E-state index is 5.72. The summed E-state index contributed by atoms with van der Waals surface area (Å²) in [6, 6.07) is 8.05. The summed E-state index contributed by atoms with van der Waals surface area (Å²) in [7, 11) is 4.00. The van der Waals surface area contributed by atoms with Crippen LogP contribution in [0.4, 0.5) is 0 Å². The van der Waals surface area contributed by atoms with Gasteiger partial charge in [-0.05, 0) is 19.0 Å². The van der Waals surface area contributed by atoms with Crippen molar-refractivity contribution in [2.24, 2.45) is 10.9 Å². The lowest BCUT2D eigenvalue weighted by atomic mass is 10.1. The van der Waals surface area contributed by atoms with Crippen molar-refractivity contribution in [3.05, 3.63) is 42.5 Å². The van der Waals surface area contributed by atoms with Crippen molar-refractivity contribution >= 4 is 5.96 Å². The van der Waals surface area contributed by atoms with E-state index in [0.717, 1.165) is 56.5 Å². The van der Waals surface area contributed by atoms with Gasteiger partial charge in [-0.3, -0.25) is 4.99 Å². The first-order chi connectivity index (χ1) is 13.1. The third-order valence-electron chi connectivity index (χ3n) is 4.78. The minimum absolute atomic E-state index is 0.508. The number of likely N-dealkylation sites (N-methyl/N-ethyl adjacent to an activating group) is 1. The summed E-state index contributed by atoms with van der Waals surface area (Å²) in [5.41, 5.74) is 1.10. The lowest BCUT2D eigenvalue weighted by Gasteiger charge is -2.34. The zero-order chi connectivity index (χ0) is 19.5. The van der Waals surface area contributed by atoms with Crippen molar-refractivity contribution in [1.82, 2.24) is 20.4 Å². The highest BCUT2D eigenvalue weighted by Gasteiger charge is 2.16. The van der Waals surface area contributed by atoms with Gasteiger partial charge in [0.2, 0.25) is 0 Å². The molecular formula is C21H35N5O. The Hall–Kier alpha value is -2.05. The van der Waals surface area contributed by atoms with E-state index in [0.29, 0.717) is 19.1 Å². The lowest BCUT2D eigenvalue weighted by molar-refractivity contribution is 0.139. The predicted octanol–water partition coefficient (Wildman–Crippen LogP) is 1.80. The molecule has 0 saturated carbocycles. The quantitative estimate of drug-likeness (QED) is 0.393. The van der Waals surface area contributed by atoms with Gasteiger partial charge in [0.25, 0.3) is 0 Å². The number of nitrogens with zero attached hydrogens (tertiary/aromatic N) is 3. The number of rotatable bonds is 9. The molecule has 27 heavy (non-hydrogen) atoms. The molecule has 1 saturated heterocycles. The van der Waals surface area contributed by atoms with Crippen LogP contribution in [-0.4, -0.2) is 75.7 Å². The van der Waals surface area contributed by atoms with Gasteiger partial charge in [-0.25, -0.2) is 0 Å². The highest BCUT2D eigenvalue weighted by molar-refractivity contribution is 5.79. The molecule has 6 heteroatoms. The molecule has 1 aromatic rings. The zero-order valence-electron chi connectivity index (χ0n) is 17.1. The molecule has 1 aliphatic heterocycles. The number of aliphatic imine (C=N–C) groups is 1. The van der Waals surface area contributed by atoms with Gasteiger partial charge in [0.15, 0.2) is 5.96 Å². The minimum atomic E-state index is 0.508. The maximum Gasteiger partial charge on any atom is 0.191 e. The van der Waals surface area contributed by atoms with Crippen LogP contribution in [0.5, 0.6) is 5.75 Å². The minimum Gasteiger partial charge on any atom is -0.489 e.